The molecule has 0 aromatic heterocycles. The summed E-state index contributed by atoms with van der Waals surface area (Å²) in [5.74, 6) is 0.128. The molecule has 4 unspecified atom stereocenters. The maximum absolute atomic E-state index is 12.2. The molecule has 96 valence electrons. The molecule has 3 aliphatic rings. The lowest BCUT2D eigenvalue weighted by molar-refractivity contribution is -0.140. The van der Waals surface area contributed by atoms with Crippen LogP contribution in [0.2, 0.25) is 0 Å². The van der Waals surface area contributed by atoms with E-state index in [1.54, 1.807) is 0 Å². The monoisotopic (exact) mass is 248 g/mol. The first-order chi connectivity index (χ1) is 8.59. The summed E-state index contributed by atoms with van der Waals surface area (Å²) in [5.41, 5.74) is 10.4. The molecule has 0 aromatic carbocycles. The van der Waals surface area contributed by atoms with Crippen LogP contribution < -0.4 is 11.5 Å². The Bertz CT molecular complexity index is 437. The van der Waals surface area contributed by atoms with Gasteiger partial charge in [0, 0.05) is 6.54 Å². The normalized spacial score (nSPS) is 36.3. The van der Waals surface area contributed by atoms with Crippen molar-refractivity contribution >= 4 is 17.8 Å². The minimum Gasteiger partial charge on any atom is -0.370 e. The van der Waals surface area contributed by atoms with Gasteiger partial charge >= 0.3 is 0 Å². The highest BCUT2D eigenvalue weighted by atomic mass is 16.2. The number of allylic oxidation sites excluding steroid dienone is 2. The summed E-state index contributed by atoms with van der Waals surface area (Å²) in [4.78, 5) is 29.6. The smallest absolute Gasteiger partial charge is 0.233 e. The van der Waals surface area contributed by atoms with Crippen LogP contribution >= 0.6 is 0 Å². The Labute approximate surface area is 105 Å². The Morgan fingerprint density at radius 2 is 1.78 bits per heavy atom. The molecule has 6 nitrogen and oxygen atoms in total. The summed E-state index contributed by atoms with van der Waals surface area (Å²) >= 11 is 0. The predicted octanol–water partition coefficient (Wildman–Crippen LogP) is -0.933. The second-order valence-corrected chi connectivity index (χ2v) is 5.13. The molecule has 4 atom stereocenters. The lowest BCUT2D eigenvalue weighted by Gasteiger charge is -2.15. The van der Waals surface area contributed by atoms with Crippen molar-refractivity contribution in [1.82, 2.24) is 4.90 Å². The summed E-state index contributed by atoms with van der Waals surface area (Å²) in [5, 5.41) is 0. The van der Waals surface area contributed by atoms with E-state index in [2.05, 4.69) is 17.1 Å². The number of imide groups is 1. The van der Waals surface area contributed by atoms with Gasteiger partial charge in [-0.3, -0.25) is 19.5 Å². The van der Waals surface area contributed by atoms with Gasteiger partial charge in [0.1, 0.15) is 0 Å². The van der Waals surface area contributed by atoms with Crippen LogP contribution in [0.15, 0.2) is 17.1 Å². The highest BCUT2D eigenvalue weighted by molar-refractivity contribution is 6.06. The van der Waals surface area contributed by atoms with Crippen LogP contribution in [0.1, 0.15) is 6.42 Å². The van der Waals surface area contributed by atoms with Crippen molar-refractivity contribution in [2.24, 2.45) is 40.1 Å². The molecule has 6 heteroatoms. The van der Waals surface area contributed by atoms with Crippen molar-refractivity contribution in [3.05, 3.63) is 12.2 Å². The van der Waals surface area contributed by atoms with Crippen LogP contribution in [-0.2, 0) is 9.59 Å². The number of aliphatic imine (C=N–C) groups is 1. The van der Waals surface area contributed by atoms with Gasteiger partial charge in [-0.25, -0.2) is 0 Å². The molecule has 0 spiro atoms. The Kier molecular flexibility index (Phi) is 2.39. The van der Waals surface area contributed by atoms with Gasteiger partial charge in [-0.1, -0.05) is 12.2 Å². The molecule has 1 aliphatic heterocycles. The molecule has 2 bridgehead atoms. The number of hydrogen-bond acceptors (Lipinski definition) is 3. The minimum atomic E-state index is -0.133. The third-order valence-corrected chi connectivity index (χ3v) is 4.18. The first-order valence-corrected chi connectivity index (χ1v) is 6.18. The van der Waals surface area contributed by atoms with Crippen molar-refractivity contribution in [2.75, 3.05) is 13.1 Å². The van der Waals surface area contributed by atoms with E-state index in [1.807, 2.05) is 0 Å². The van der Waals surface area contributed by atoms with E-state index in [4.69, 9.17) is 11.5 Å². The second-order valence-electron chi connectivity index (χ2n) is 5.13. The lowest BCUT2D eigenvalue weighted by atomic mass is 9.85. The van der Waals surface area contributed by atoms with Gasteiger partial charge in [-0.2, -0.15) is 0 Å². The molecule has 1 heterocycles. The van der Waals surface area contributed by atoms with Crippen LogP contribution in [0.3, 0.4) is 0 Å². The van der Waals surface area contributed by atoms with Crippen LogP contribution in [0.4, 0.5) is 0 Å². The standard InChI is InChI=1S/C12H16N4O2/c13-12(14)15-3-4-16-10(17)8-6-1-2-7(5-6)9(8)11(16)18/h1-2,6-9H,3-5H2,(H4,13,14,15). The summed E-state index contributed by atoms with van der Waals surface area (Å²) in [6.07, 6.45) is 5.11. The largest absolute Gasteiger partial charge is 0.370 e. The molecule has 1 saturated carbocycles. The SMILES string of the molecule is NC(N)=NCCN1C(=O)C2C3C=CC(C3)C2C1=O. The Hall–Kier alpha value is -1.85. The quantitative estimate of drug-likeness (QED) is 0.291. The molecular formula is C12H16N4O2. The second kappa shape index (κ2) is 3.83. The minimum absolute atomic E-state index is 0.0176. The summed E-state index contributed by atoms with van der Waals surface area (Å²) in [6, 6.07) is 0. The van der Waals surface area contributed by atoms with Crippen LogP contribution in [0.5, 0.6) is 0 Å². The highest BCUT2D eigenvalue weighted by Crippen LogP contribution is 2.52. The maximum atomic E-state index is 12.2. The van der Waals surface area contributed by atoms with E-state index in [0.29, 0.717) is 0 Å². The van der Waals surface area contributed by atoms with Gasteiger partial charge in [-0.05, 0) is 18.3 Å². The first kappa shape index (κ1) is 11.3. The Balaban J connectivity index is 1.74. The van der Waals surface area contributed by atoms with Crippen molar-refractivity contribution in [2.45, 2.75) is 6.42 Å². The van der Waals surface area contributed by atoms with Gasteiger partial charge in [-0.15, -0.1) is 0 Å². The Morgan fingerprint density at radius 1 is 1.22 bits per heavy atom. The number of nitrogens with zero attached hydrogens (tertiary/aromatic N) is 2. The number of nitrogens with two attached hydrogens (primary N) is 2. The van der Waals surface area contributed by atoms with Crippen molar-refractivity contribution < 1.29 is 9.59 Å². The molecule has 0 radical (unpaired) electrons. The van der Waals surface area contributed by atoms with E-state index < -0.39 is 0 Å². The maximum Gasteiger partial charge on any atom is 0.233 e. The number of rotatable bonds is 3. The van der Waals surface area contributed by atoms with Gasteiger partial charge in [0.15, 0.2) is 5.96 Å². The molecule has 2 amide bonds. The van der Waals surface area contributed by atoms with Crippen molar-refractivity contribution in [3.63, 3.8) is 0 Å². The van der Waals surface area contributed by atoms with Gasteiger partial charge in [0.05, 0.1) is 18.4 Å². The van der Waals surface area contributed by atoms with Crippen LogP contribution in [0.25, 0.3) is 0 Å². The van der Waals surface area contributed by atoms with E-state index in [0.717, 1.165) is 6.42 Å². The fourth-order valence-corrected chi connectivity index (χ4v) is 3.46. The van der Waals surface area contributed by atoms with E-state index in [-0.39, 0.29) is 54.5 Å². The molecule has 4 N–H and O–H groups in total. The molecule has 1 saturated heterocycles. The van der Waals surface area contributed by atoms with E-state index in [9.17, 15) is 9.59 Å². The molecular weight excluding hydrogens is 232 g/mol. The summed E-state index contributed by atoms with van der Waals surface area (Å²) in [7, 11) is 0. The summed E-state index contributed by atoms with van der Waals surface area (Å²) < 4.78 is 0. The third-order valence-electron chi connectivity index (χ3n) is 4.18. The molecule has 2 aliphatic carbocycles. The average molecular weight is 248 g/mol. The fraction of sp³-hybridized carbons (Fsp3) is 0.583. The van der Waals surface area contributed by atoms with Crippen LogP contribution in [0, 0.1) is 23.7 Å². The molecule has 18 heavy (non-hydrogen) atoms. The number of fused-ring (bicyclic) bond motifs is 5. The third kappa shape index (κ3) is 1.45. The number of carbonyl (C=O) groups excluding carboxylic acids is 2. The zero-order chi connectivity index (χ0) is 12.9. The number of guanidine groups is 1. The van der Waals surface area contributed by atoms with Crippen LogP contribution in [-0.4, -0.2) is 35.8 Å². The first-order valence-electron chi connectivity index (χ1n) is 6.18. The van der Waals surface area contributed by atoms with E-state index in [1.165, 1.54) is 4.90 Å². The number of likely N-dealkylation sites (tertiary alicyclic amines) is 1. The Morgan fingerprint density at radius 3 is 2.28 bits per heavy atom. The number of hydrogen-bond donors (Lipinski definition) is 2. The fourth-order valence-electron chi connectivity index (χ4n) is 3.46. The van der Waals surface area contributed by atoms with Crippen molar-refractivity contribution in [1.29, 1.82) is 0 Å². The summed E-state index contributed by atoms with van der Waals surface area (Å²) in [6.45, 7) is 0.560. The predicted molar refractivity (Wildman–Crippen MR) is 65.1 cm³/mol. The molecule has 0 aromatic rings. The molecule has 3 rings (SSSR count). The van der Waals surface area contributed by atoms with E-state index >= 15 is 0 Å². The van der Waals surface area contributed by atoms with Crippen molar-refractivity contribution in [3.8, 4) is 0 Å². The topological polar surface area (TPSA) is 102 Å². The molecule has 2 fully saturated rings. The van der Waals surface area contributed by atoms with Gasteiger partial charge < -0.3 is 11.5 Å². The number of carbonyl (C=O) groups is 2. The lowest BCUT2D eigenvalue weighted by Crippen LogP contribution is -2.35. The highest BCUT2D eigenvalue weighted by Gasteiger charge is 2.58. The average Bonchev–Trinajstić information content (AvgIpc) is 2.97. The number of amides is 2. The zero-order valence-corrected chi connectivity index (χ0v) is 9.95. The van der Waals surface area contributed by atoms with Gasteiger partial charge in [0.2, 0.25) is 11.8 Å². The van der Waals surface area contributed by atoms with Gasteiger partial charge in [0.25, 0.3) is 0 Å². The zero-order valence-electron chi connectivity index (χ0n) is 9.95.